The molecule has 198 valence electrons. The van der Waals surface area contributed by atoms with Crippen molar-refractivity contribution in [2.24, 2.45) is 0 Å². The van der Waals surface area contributed by atoms with E-state index in [0.29, 0.717) is 12.2 Å². The molecule has 10 heteroatoms. The third-order valence-electron chi connectivity index (χ3n) is 5.89. The number of hydrogen-bond acceptors (Lipinski definition) is 4. The first-order valence-electron chi connectivity index (χ1n) is 12.0. The van der Waals surface area contributed by atoms with Crippen LogP contribution in [0.15, 0.2) is 46.9 Å². The molecule has 2 aromatic carbocycles. The molecule has 0 aliphatic carbocycles. The smallest absolute Gasteiger partial charge is 0.304 e. The molecule has 2 amide bonds. The van der Waals surface area contributed by atoms with Crippen LogP contribution in [-0.2, 0) is 26.3 Å². The van der Waals surface area contributed by atoms with E-state index in [0.717, 1.165) is 42.6 Å². The number of aryl methyl sites for hydroxylation is 2. The van der Waals surface area contributed by atoms with Crippen LogP contribution in [0.3, 0.4) is 0 Å². The van der Waals surface area contributed by atoms with Crippen LogP contribution in [0.2, 0.25) is 0 Å². The van der Waals surface area contributed by atoms with Crippen LogP contribution in [-0.4, -0.2) is 62.7 Å². The zero-order valence-corrected chi connectivity index (χ0v) is 24.3. The van der Waals surface area contributed by atoms with E-state index in [1.54, 1.807) is 19.9 Å². The summed E-state index contributed by atoms with van der Waals surface area (Å²) in [5.74, 6) is -0.750. The molecule has 0 aromatic heterocycles. The standard InChI is InChI=1S/C26H37BrN4O4S/c1-7-8-14-28-26(33)21(4)30(17-22-10-9-11-23(27)16-22)25(32)18-31(36(34,35)29(5)6)24-15-19(2)12-13-20(24)3/h9-13,15-16,21H,7-8,14,17-18H2,1-6H3,(H,28,33). The molecule has 0 saturated heterocycles. The van der Waals surface area contributed by atoms with E-state index in [1.807, 2.05) is 50.2 Å². The van der Waals surface area contributed by atoms with E-state index in [2.05, 4.69) is 21.2 Å². The molecular weight excluding hydrogens is 544 g/mol. The Morgan fingerprint density at radius 1 is 1.08 bits per heavy atom. The zero-order valence-electron chi connectivity index (χ0n) is 21.9. The average Bonchev–Trinajstić information content (AvgIpc) is 2.82. The molecule has 1 atom stereocenters. The van der Waals surface area contributed by atoms with Crippen molar-refractivity contribution in [3.05, 3.63) is 63.6 Å². The zero-order chi connectivity index (χ0) is 27.0. The number of unbranched alkanes of at least 4 members (excludes halogenated alkanes) is 1. The average molecular weight is 582 g/mol. The fraction of sp³-hybridized carbons (Fsp3) is 0.462. The largest absolute Gasteiger partial charge is 0.354 e. The fourth-order valence-electron chi connectivity index (χ4n) is 3.64. The molecule has 0 fully saturated rings. The molecule has 0 spiro atoms. The summed E-state index contributed by atoms with van der Waals surface area (Å²) >= 11 is 3.45. The normalized spacial score (nSPS) is 12.3. The molecular formula is C26H37BrN4O4S. The van der Waals surface area contributed by atoms with Crippen LogP contribution < -0.4 is 9.62 Å². The quantitative estimate of drug-likeness (QED) is 0.384. The number of rotatable bonds is 12. The van der Waals surface area contributed by atoms with Crippen LogP contribution in [0.4, 0.5) is 5.69 Å². The van der Waals surface area contributed by atoms with Crippen molar-refractivity contribution in [2.45, 2.75) is 53.1 Å². The molecule has 0 aliphatic rings. The third kappa shape index (κ3) is 7.78. The molecule has 0 bridgehead atoms. The predicted octanol–water partition coefficient (Wildman–Crippen LogP) is 4.01. The Hall–Kier alpha value is -2.43. The Morgan fingerprint density at radius 3 is 2.39 bits per heavy atom. The van der Waals surface area contributed by atoms with E-state index < -0.39 is 28.7 Å². The Kier molecular flexibility index (Phi) is 10.9. The van der Waals surface area contributed by atoms with Crippen LogP contribution in [0.1, 0.15) is 43.4 Å². The monoisotopic (exact) mass is 580 g/mol. The molecule has 1 unspecified atom stereocenters. The number of nitrogens with zero attached hydrogens (tertiary/aromatic N) is 3. The van der Waals surface area contributed by atoms with Crippen molar-refractivity contribution in [1.29, 1.82) is 0 Å². The summed E-state index contributed by atoms with van der Waals surface area (Å²) in [4.78, 5) is 28.1. The second-order valence-corrected chi connectivity index (χ2v) is 12.0. The van der Waals surface area contributed by atoms with Gasteiger partial charge in [-0.25, -0.2) is 4.31 Å². The second kappa shape index (κ2) is 13.2. The van der Waals surface area contributed by atoms with Crippen molar-refractivity contribution in [1.82, 2.24) is 14.5 Å². The predicted molar refractivity (Wildman–Crippen MR) is 148 cm³/mol. The van der Waals surface area contributed by atoms with Gasteiger partial charge in [-0.05, 0) is 62.1 Å². The van der Waals surface area contributed by atoms with Gasteiger partial charge in [-0.3, -0.25) is 9.59 Å². The lowest BCUT2D eigenvalue weighted by Crippen LogP contribution is -2.52. The maximum absolute atomic E-state index is 13.8. The fourth-order valence-corrected chi connectivity index (χ4v) is 5.20. The summed E-state index contributed by atoms with van der Waals surface area (Å²) in [5, 5.41) is 2.88. The first-order chi connectivity index (χ1) is 16.9. The van der Waals surface area contributed by atoms with Crippen molar-refractivity contribution >= 4 is 43.6 Å². The van der Waals surface area contributed by atoms with E-state index in [4.69, 9.17) is 0 Å². The van der Waals surface area contributed by atoms with Gasteiger partial charge in [-0.2, -0.15) is 12.7 Å². The molecule has 1 N–H and O–H groups in total. The van der Waals surface area contributed by atoms with Gasteiger partial charge >= 0.3 is 10.2 Å². The van der Waals surface area contributed by atoms with Crippen molar-refractivity contribution in [3.63, 3.8) is 0 Å². The highest BCUT2D eigenvalue weighted by molar-refractivity contribution is 9.10. The molecule has 8 nitrogen and oxygen atoms in total. The maximum Gasteiger partial charge on any atom is 0.304 e. The molecule has 0 saturated carbocycles. The number of amides is 2. The van der Waals surface area contributed by atoms with Gasteiger partial charge in [0.2, 0.25) is 11.8 Å². The highest BCUT2D eigenvalue weighted by Gasteiger charge is 2.33. The van der Waals surface area contributed by atoms with E-state index in [1.165, 1.54) is 19.0 Å². The third-order valence-corrected chi connectivity index (χ3v) is 8.19. The van der Waals surface area contributed by atoms with Gasteiger partial charge in [0.05, 0.1) is 5.69 Å². The highest BCUT2D eigenvalue weighted by atomic mass is 79.9. The van der Waals surface area contributed by atoms with Gasteiger partial charge in [0, 0.05) is 31.7 Å². The Labute approximate surface area is 224 Å². The Bertz CT molecular complexity index is 1170. The summed E-state index contributed by atoms with van der Waals surface area (Å²) < 4.78 is 29.7. The number of anilines is 1. The summed E-state index contributed by atoms with van der Waals surface area (Å²) in [6, 6.07) is 12.2. The summed E-state index contributed by atoms with van der Waals surface area (Å²) in [5.41, 5.74) is 2.85. The number of benzene rings is 2. The SMILES string of the molecule is CCCCNC(=O)C(C)N(Cc1cccc(Br)c1)C(=O)CN(c1cc(C)ccc1C)S(=O)(=O)N(C)C. The number of carbonyl (C=O) groups excluding carboxylic acids is 2. The van der Waals surface area contributed by atoms with Gasteiger partial charge in [0.15, 0.2) is 0 Å². The number of halogens is 1. The lowest BCUT2D eigenvalue weighted by Gasteiger charge is -2.33. The van der Waals surface area contributed by atoms with E-state index in [9.17, 15) is 18.0 Å². The van der Waals surface area contributed by atoms with Crippen LogP contribution >= 0.6 is 15.9 Å². The minimum absolute atomic E-state index is 0.156. The number of hydrogen-bond donors (Lipinski definition) is 1. The van der Waals surface area contributed by atoms with Gasteiger partial charge < -0.3 is 10.2 Å². The topological polar surface area (TPSA) is 90.0 Å². The summed E-state index contributed by atoms with van der Waals surface area (Å²) in [6.07, 6.45) is 1.77. The van der Waals surface area contributed by atoms with Crippen LogP contribution in [0.25, 0.3) is 0 Å². The minimum Gasteiger partial charge on any atom is -0.354 e. The lowest BCUT2D eigenvalue weighted by atomic mass is 10.1. The van der Waals surface area contributed by atoms with Crippen molar-refractivity contribution in [3.8, 4) is 0 Å². The molecule has 2 rings (SSSR count). The van der Waals surface area contributed by atoms with Crippen molar-refractivity contribution in [2.75, 3.05) is 31.5 Å². The minimum atomic E-state index is -3.99. The second-order valence-electron chi connectivity index (χ2n) is 9.06. The molecule has 0 aliphatic heterocycles. The molecule has 2 aromatic rings. The van der Waals surface area contributed by atoms with E-state index >= 15 is 0 Å². The van der Waals surface area contributed by atoms with Crippen LogP contribution in [0.5, 0.6) is 0 Å². The molecule has 36 heavy (non-hydrogen) atoms. The number of nitrogens with one attached hydrogen (secondary N) is 1. The summed E-state index contributed by atoms with van der Waals surface area (Å²) in [6.45, 7) is 7.61. The Morgan fingerprint density at radius 2 is 1.78 bits per heavy atom. The first-order valence-corrected chi connectivity index (χ1v) is 14.2. The van der Waals surface area contributed by atoms with Crippen molar-refractivity contribution < 1.29 is 18.0 Å². The maximum atomic E-state index is 13.8. The lowest BCUT2D eigenvalue weighted by molar-refractivity contribution is -0.139. The van der Waals surface area contributed by atoms with Gasteiger partial charge in [0.25, 0.3) is 0 Å². The van der Waals surface area contributed by atoms with Gasteiger partial charge in [0.1, 0.15) is 12.6 Å². The van der Waals surface area contributed by atoms with E-state index in [-0.39, 0.29) is 12.5 Å². The molecule has 0 heterocycles. The van der Waals surface area contributed by atoms with Gasteiger partial charge in [-0.15, -0.1) is 0 Å². The number of carbonyl (C=O) groups is 2. The molecule has 0 radical (unpaired) electrons. The summed E-state index contributed by atoms with van der Waals surface area (Å²) in [7, 11) is -1.13. The Balaban J connectivity index is 2.47. The first kappa shape index (κ1) is 29.8. The highest BCUT2D eigenvalue weighted by Crippen LogP contribution is 2.26. The van der Waals surface area contributed by atoms with Crippen LogP contribution in [0, 0.1) is 13.8 Å². The van der Waals surface area contributed by atoms with Gasteiger partial charge in [-0.1, -0.05) is 53.5 Å².